The molecule has 0 fully saturated rings. The van der Waals surface area contributed by atoms with Gasteiger partial charge in [-0.25, -0.2) is 0 Å². The number of carbonyl (C=O) groups is 2. The maximum atomic E-state index is 11.8. The number of hydrogen-bond acceptors (Lipinski definition) is 4. The lowest BCUT2D eigenvalue weighted by Gasteiger charge is -2.05. The molecule has 0 bridgehead atoms. The minimum Gasteiger partial charge on any atom is -0.466 e. The molecular formula is C29H46O4. The Hall–Kier alpha value is -2.10. The third-order valence-electron chi connectivity index (χ3n) is 5.72. The van der Waals surface area contributed by atoms with Crippen molar-refractivity contribution in [2.75, 3.05) is 13.2 Å². The Morgan fingerprint density at radius 1 is 0.667 bits per heavy atom. The third kappa shape index (κ3) is 19.1. The molecule has 4 nitrogen and oxygen atoms in total. The van der Waals surface area contributed by atoms with Crippen molar-refractivity contribution in [1.29, 1.82) is 0 Å². The Balaban J connectivity index is 1.82. The molecule has 186 valence electrons. The molecule has 33 heavy (non-hydrogen) atoms. The summed E-state index contributed by atoms with van der Waals surface area (Å²) in [5.74, 6) is -0.186. The van der Waals surface area contributed by atoms with Crippen LogP contribution in [0.25, 0.3) is 6.08 Å². The molecule has 1 rings (SSSR count). The highest BCUT2D eigenvalue weighted by molar-refractivity contribution is 5.69. The van der Waals surface area contributed by atoms with Crippen LogP contribution in [0.3, 0.4) is 0 Å². The van der Waals surface area contributed by atoms with Crippen LogP contribution in [0.15, 0.2) is 36.4 Å². The average molecular weight is 459 g/mol. The van der Waals surface area contributed by atoms with Crippen molar-refractivity contribution < 1.29 is 19.1 Å². The van der Waals surface area contributed by atoms with Gasteiger partial charge in [-0.05, 0) is 30.9 Å². The van der Waals surface area contributed by atoms with Crippen molar-refractivity contribution in [2.45, 2.75) is 110 Å². The van der Waals surface area contributed by atoms with Crippen LogP contribution in [0, 0.1) is 0 Å². The van der Waals surface area contributed by atoms with Crippen molar-refractivity contribution in [3.8, 4) is 0 Å². The second-order valence-corrected chi connectivity index (χ2v) is 8.81. The van der Waals surface area contributed by atoms with Gasteiger partial charge < -0.3 is 9.47 Å². The van der Waals surface area contributed by atoms with Gasteiger partial charge in [0.05, 0.1) is 6.61 Å². The second kappa shape index (κ2) is 21.7. The number of esters is 2. The molecule has 0 aliphatic rings. The average Bonchev–Trinajstić information content (AvgIpc) is 2.83. The van der Waals surface area contributed by atoms with Crippen LogP contribution in [0.1, 0.15) is 115 Å². The van der Waals surface area contributed by atoms with E-state index in [1.807, 2.05) is 42.5 Å². The monoisotopic (exact) mass is 458 g/mol. The van der Waals surface area contributed by atoms with Crippen LogP contribution in [-0.2, 0) is 19.1 Å². The highest BCUT2D eigenvalue weighted by atomic mass is 16.5. The molecule has 0 aliphatic carbocycles. The fraction of sp³-hybridized carbons (Fsp3) is 0.655. The molecule has 0 saturated heterocycles. The quantitative estimate of drug-likeness (QED) is 0.138. The first-order chi connectivity index (χ1) is 16.2. The lowest BCUT2D eigenvalue weighted by Crippen LogP contribution is -2.05. The van der Waals surface area contributed by atoms with Gasteiger partial charge in [-0.3, -0.25) is 9.59 Å². The summed E-state index contributed by atoms with van der Waals surface area (Å²) in [7, 11) is 0. The summed E-state index contributed by atoms with van der Waals surface area (Å²) >= 11 is 0. The van der Waals surface area contributed by atoms with Gasteiger partial charge >= 0.3 is 11.9 Å². The number of hydrogen-bond donors (Lipinski definition) is 0. The van der Waals surface area contributed by atoms with Crippen LogP contribution in [0.5, 0.6) is 0 Å². The Bertz CT molecular complexity index is 624. The fourth-order valence-corrected chi connectivity index (χ4v) is 3.70. The summed E-state index contributed by atoms with van der Waals surface area (Å²) in [5.41, 5.74) is 1.10. The van der Waals surface area contributed by atoms with E-state index in [4.69, 9.17) is 9.47 Å². The minimum absolute atomic E-state index is 0.0537. The second-order valence-electron chi connectivity index (χ2n) is 8.81. The van der Waals surface area contributed by atoms with Gasteiger partial charge in [-0.2, -0.15) is 0 Å². The lowest BCUT2D eigenvalue weighted by atomic mass is 10.1. The summed E-state index contributed by atoms with van der Waals surface area (Å²) in [5, 5.41) is 0. The predicted octanol–water partition coefficient (Wildman–Crippen LogP) is 8.05. The van der Waals surface area contributed by atoms with E-state index in [-0.39, 0.29) is 11.9 Å². The van der Waals surface area contributed by atoms with E-state index in [0.717, 1.165) is 56.9 Å². The summed E-state index contributed by atoms with van der Waals surface area (Å²) < 4.78 is 10.6. The first kappa shape index (κ1) is 28.9. The summed E-state index contributed by atoms with van der Waals surface area (Å²) in [6.07, 6.45) is 20.9. The largest absolute Gasteiger partial charge is 0.466 e. The molecule has 0 radical (unpaired) electrons. The van der Waals surface area contributed by atoms with Gasteiger partial charge in [0, 0.05) is 12.8 Å². The van der Waals surface area contributed by atoms with E-state index < -0.39 is 0 Å². The van der Waals surface area contributed by atoms with E-state index in [1.165, 1.54) is 38.5 Å². The molecule has 0 aliphatic heterocycles. The van der Waals surface area contributed by atoms with Gasteiger partial charge in [0.25, 0.3) is 0 Å². The number of unbranched alkanes of at least 4 members (excludes halogenated alkanes) is 12. The summed E-state index contributed by atoms with van der Waals surface area (Å²) in [6, 6.07) is 9.97. The number of rotatable bonds is 21. The van der Waals surface area contributed by atoms with Crippen LogP contribution >= 0.6 is 0 Å². The molecule has 4 heteroatoms. The van der Waals surface area contributed by atoms with Gasteiger partial charge in [0.1, 0.15) is 6.61 Å². The van der Waals surface area contributed by atoms with Crippen molar-refractivity contribution in [3.63, 3.8) is 0 Å². The van der Waals surface area contributed by atoms with Crippen LogP contribution in [0.4, 0.5) is 0 Å². The van der Waals surface area contributed by atoms with Crippen LogP contribution in [-0.4, -0.2) is 25.2 Å². The smallest absolute Gasteiger partial charge is 0.306 e. The van der Waals surface area contributed by atoms with Crippen LogP contribution < -0.4 is 0 Å². The molecule has 0 atom stereocenters. The number of benzene rings is 1. The van der Waals surface area contributed by atoms with E-state index in [2.05, 4.69) is 6.92 Å². The van der Waals surface area contributed by atoms with Crippen molar-refractivity contribution in [1.82, 2.24) is 0 Å². The highest BCUT2D eigenvalue weighted by Gasteiger charge is 2.04. The SMILES string of the molecule is CCCCCCCCCCOC(=O)CCCCCCCCC(=O)OC/C=C/c1ccccc1. The fourth-order valence-electron chi connectivity index (χ4n) is 3.70. The molecule has 0 aromatic heterocycles. The Morgan fingerprint density at radius 2 is 1.18 bits per heavy atom. The molecule has 0 spiro atoms. The first-order valence-corrected chi connectivity index (χ1v) is 13.2. The van der Waals surface area contributed by atoms with Gasteiger partial charge in [0.2, 0.25) is 0 Å². The highest BCUT2D eigenvalue weighted by Crippen LogP contribution is 2.11. The van der Waals surface area contributed by atoms with E-state index in [1.54, 1.807) is 0 Å². The van der Waals surface area contributed by atoms with E-state index in [9.17, 15) is 9.59 Å². The zero-order valence-corrected chi connectivity index (χ0v) is 20.9. The van der Waals surface area contributed by atoms with E-state index in [0.29, 0.717) is 26.1 Å². The number of ether oxygens (including phenoxy) is 2. The van der Waals surface area contributed by atoms with Gasteiger partial charge in [-0.15, -0.1) is 0 Å². The lowest BCUT2D eigenvalue weighted by molar-refractivity contribution is -0.144. The first-order valence-electron chi connectivity index (χ1n) is 13.2. The molecule has 0 amide bonds. The Labute approximate surface area is 202 Å². The minimum atomic E-state index is -0.132. The summed E-state index contributed by atoms with van der Waals surface area (Å²) in [6.45, 7) is 3.14. The Morgan fingerprint density at radius 3 is 1.79 bits per heavy atom. The number of carbonyl (C=O) groups excluding carboxylic acids is 2. The molecule has 0 N–H and O–H groups in total. The molecular weight excluding hydrogens is 412 g/mol. The summed E-state index contributed by atoms with van der Waals surface area (Å²) in [4.78, 5) is 23.5. The predicted molar refractivity (Wildman–Crippen MR) is 137 cm³/mol. The Kier molecular flexibility index (Phi) is 19.1. The molecule has 0 unspecified atom stereocenters. The molecule has 0 saturated carbocycles. The maximum Gasteiger partial charge on any atom is 0.306 e. The zero-order chi connectivity index (χ0) is 23.8. The van der Waals surface area contributed by atoms with Crippen LogP contribution in [0.2, 0.25) is 0 Å². The molecule has 1 aromatic carbocycles. The maximum absolute atomic E-state index is 11.8. The zero-order valence-electron chi connectivity index (χ0n) is 20.9. The molecule has 0 heterocycles. The topological polar surface area (TPSA) is 52.6 Å². The third-order valence-corrected chi connectivity index (χ3v) is 5.72. The molecule has 1 aromatic rings. The van der Waals surface area contributed by atoms with Crippen molar-refractivity contribution in [2.24, 2.45) is 0 Å². The standard InChI is InChI=1S/C29H46O4/c1-2-3-4-5-6-9-12-18-25-32-28(30)23-16-10-7-8-11-17-24-29(31)33-26-19-22-27-20-14-13-15-21-27/h13-15,19-22H,2-12,16-18,23-26H2,1H3/b22-19+. The van der Waals surface area contributed by atoms with E-state index >= 15 is 0 Å². The van der Waals surface area contributed by atoms with Crippen molar-refractivity contribution >= 4 is 18.0 Å². The van der Waals surface area contributed by atoms with Gasteiger partial charge in [-0.1, -0.05) is 114 Å². The normalized spacial score (nSPS) is 11.1. The van der Waals surface area contributed by atoms with Gasteiger partial charge in [0.15, 0.2) is 0 Å². The van der Waals surface area contributed by atoms with Crippen molar-refractivity contribution in [3.05, 3.63) is 42.0 Å².